The Bertz CT molecular complexity index is 1360. The first-order chi connectivity index (χ1) is 18.0. The lowest BCUT2D eigenvalue weighted by Gasteiger charge is -2.32. The summed E-state index contributed by atoms with van der Waals surface area (Å²) in [5.74, 6) is -0.751. The second-order valence-corrected chi connectivity index (χ2v) is 11.4. The van der Waals surface area contributed by atoms with Crippen LogP contribution >= 0.6 is 0 Å². The first-order valence-electron chi connectivity index (χ1n) is 12.8. The standard InChI is InChI=1S/C30H37N3O4S/c1-6-18-31-30(35)25(5)32(20-26-15-12-22(2)13-16-26)29(34)21-33(27-17-14-23(3)24(4)19-27)38(36,37)28-10-8-7-9-11-28/h7-17,19,25H,6,18,20-21H2,1-5H3,(H,31,35)/t25-/m0/s1. The van der Waals surface area contributed by atoms with Crippen LogP contribution in [0.15, 0.2) is 77.7 Å². The molecule has 0 aliphatic heterocycles. The number of amides is 2. The van der Waals surface area contributed by atoms with E-state index in [0.717, 1.165) is 33.0 Å². The molecule has 0 aliphatic rings. The Balaban J connectivity index is 2.02. The molecule has 1 atom stereocenters. The highest BCUT2D eigenvalue weighted by molar-refractivity contribution is 7.92. The molecule has 8 heteroatoms. The van der Waals surface area contributed by atoms with Crippen LogP contribution in [-0.2, 0) is 26.2 Å². The van der Waals surface area contributed by atoms with Crippen molar-refractivity contribution >= 4 is 27.5 Å². The van der Waals surface area contributed by atoms with Crippen molar-refractivity contribution in [2.24, 2.45) is 0 Å². The normalized spacial score (nSPS) is 12.0. The fraction of sp³-hybridized carbons (Fsp3) is 0.333. The summed E-state index contributed by atoms with van der Waals surface area (Å²) in [6.45, 7) is 9.66. The minimum absolute atomic E-state index is 0.0878. The van der Waals surface area contributed by atoms with Crippen LogP contribution in [0.5, 0.6) is 0 Å². The Kier molecular flexibility index (Phi) is 9.69. The van der Waals surface area contributed by atoms with Gasteiger partial charge in [-0.1, -0.05) is 61.0 Å². The molecule has 38 heavy (non-hydrogen) atoms. The van der Waals surface area contributed by atoms with E-state index in [-0.39, 0.29) is 17.3 Å². The summed E-state index contributed by atoms with van der Waals surface area (Å²) in [5, 5.41) is 2.85. The molecule has 0 spiro atoms. The third-order valence-electron chi connectivity index (χ3n) is 6.58. The zero-order valence-corrected chi connectivity index (χ0v) is 23.6. The summed E-state index contributed by atoms with van der Waals surface area (Å²) in [7, 11) is -4.07. The molecule has 0 bridgehead atoms. The van der Waals surface area contributed by atoms with Gasteiger partial charge in [0.2, 0.25) is 11.8 Å². The molecule has 0 saturated heterocycles. The predicted molar refractivity (Wildman–Crippen MR) is 151 cm³/mol. The quantitative estimate of drug-likeness (QED) is 0.384. The molecule has 0 unspecified atom stereocenters. The zero-order chi connectivity index (χ0) is 27.9. The van der Waals surface area contributed by atoms with Gasteiger partial charge >= 0.3 is 0 Å². The van der Waals surface area contributed by atoms with Crippen LogP contribution in [0.2, 0.25) is 0 Å². The molecule has 202 valence electrons. The van der Waals surface area contributed by atoms with E-state index in [9.17, 15) is 18.0 Å². The van der Waals surface area contributed by atoms with Crippen LogP contribution in [0.3, 0.4) is 0 Å². The van der Waals surface area contributed by atoms with Crippen LogP contribution in [0, 0.1) is 20.8 Å². The number of rotatable bonds is 11. The van der Waals surface area contributed by atoms with Gasteiger partial charge in [0.05, 0.1) is 10.6 Å². The lowest BCUT2D eigenvalue weighted by molar-refractivity contribution is -0.139. The Morgan fingerprint density at radius 3 is 2.16 bits per heavy atom. The lowest BCUT2D eigenvalue weighted by atomic mass is 10.1. The Morgan fingerprint density at radius 2 is 1.55 bits per heavy atom. The van der Waals surface area contributed by atoms with Crippen LogP contribution in [0.25, 0.3) is 0 Å². The lowest BCUT2D eigenvalue weighted by Crippen LogP contribution is -2.51. The van der Waals surface area contributed by atoms with E-state index in [1.54, 1.807) is 37.3 Å². The van der Waals surface area contributed by atoms with E-state index in [4.69, 9.17) is 0 Å². The summed E-state index contributed by atoms with van der Waals surface area (Å²) in [6.07, 6.45) is 0.764. The van der Waals surface area contributed by atoms with Gasteiger partial charge in [0.1, 0.15) is 12.6 Å². The topological polar surface area (TPSA) is 86.8 Å². The number of hydrogen-bond acceptors (Lipinski definition) is 4. The molecule has 3 aromatic carbocycles. The van der Waals surface area contributed by atoms with Crippen molar-refractivity contribution in [2.75, 3.05) is 17.4 Å². The molecule has 0 aliphatic carbocycles. The highest BCUT2D eigenvalue weighted by Crippen LogP contribution is 2.26. The molecule has 0 saturated carbocycles. The number of aryl methyl sites for hydroxylation is 3. The minimum atomic E-state index is -4.07. The van der Waals surface area contributed by atoms with Gasteiger partial charge in [-0.3, -0.25) is 13.9 Å². The van der Waals surface area contributed by atoms with E-state index in [0.29, 0.717) is 12.2 Å². The van der Waals surface area contributed by atoms with Crippen molar-refractivity contribution in [3.8, 4) is 0 Å². The van der Waals surface area contributed by atoms with Gasteiger partial charge in [-0.25, -0.2) is 8.42 Å². The fourth-order valence-electron chi connectivity index (χ4n) is 4.00. The zero-order valence-electron chi connectivity index (χ0n) is 22.8. The second kappa shape index (κ2) is 12.7. The highest BCUT2D eigenvalue weighted by Gasteiger charge is 2.32. The third-order valence-corrected chi connectivity index (χ3v) is 8.37. The number of hydrogen-bond donors (Lipinski definition) is 1. The van der Waals surface area contributed by atoms with Crippen LogP contribution in [0.1, 0.15) is 42.5 Å². The van der Waals surface area contributed by atoms with Gasteiger partial charge in [-0.2, -0.15) is 0 Å². The van der Waals surface area contributed by atoms with Crippen molar-refractivity contribution in [2.45, 2.75) is 58.5 Å². The van der Waals surface area contributed by atoms with Crippen LogP contribution in [-0.4, -0.2) is 44.3 Å². The summed E-state index contributed by atoms with van der Waals surface area (Å²) < 4.78 is 28.7. The number of carbonyl (C=O) groups is 2. The van der Waals surface area contributed by atoms with Gasteiger partial charge in [-0.15, -0.1) is 0 Å². The Labute approximate surface area is 226 Å². The summed E-state index contributed by atoms with van der Waals surface area (Å²) in [5.41, 5.74) is 4.24. The third kappa shape index (κ3) is 7.01. The van der Waals surface area contributed by atoms with Gasteiger partial charge in [0.15, 0.2) is 0 Å². The maximum Gasteiger partial charge on any atom is 0.264 e. The minimum Gasteiger partial charge on any atom is -0.354 e. The van der Waals surface area contributed by atoms with E-state index in [2.05, 4.69) is 5.32 Å². The van der Waals surface area contributed by atoms with E-state index in [1.165, 1.54) is 17.0 Å². The van der Waals surface area contributed by atoms with Crippen molar-refractivity contribution in [1.29, 1.82) is 0 Å². The molecular formula is C30H37N3O4S. The number of carbonyl (C=O) groups excluding carboxylic acids is 2. The first kappa shape index (κ1) is 28.9. The number of benzene rings is 3. The molecule has 1 N–H and O–H groups in total. The molecule has 0 heterocycles. The van der Waals surface area contributed by atoms with Crippen molar-refractivity contribution in [3.63, 3.8) is 0 Å². The molecule has 3 rings (SSSR count). The molecule has 7 nitrogen and oxygen atoms in total. The smallest absolute Gasteiger partial charge is 0.264 e. The van der Waals surface area contributed by atoms with E-state index in [1.807, 2.05) is 58.0 Å². The fourth-order valence-corrected chi connectivity index (χ4v) is 5.42. The van der Waals surface area contributed by atoms with Crippen LogP contribution < -0.4 is 9.62 Å². The molecule has 0 aromatic heterocycles. The van der Waals surface area contributed by atoms with E-state index < -0.39 is 28.5 Å². The molecule has 0 fully saturated rings. The summed E-state index contributed by atoms with van der Waals surface area (Å²) >= 11 is 0. The molecule has 0 radical (unpaired) electrons. The summed E-state index contributed by atoms with van der Waals surface area (Å²) in [4.78, 5) is 28.3. The first-order valence-corrected chi connectivity index (χ1v) is 14.3. The van der Waals surface area contributed by atoms with Crippen molar-refractivity contribution < 1.29 is 18.0 Å². The highest BCUT2D eigenvalue weighted by atomic mass is 32.2. The van der Waals surface area contributed by atoms with Gasteiger partial charge in [0, 0.05) is 13.1 Å². The van der Waals surface area contributed by atoms with Gasteiger partial charge < -0.3 is 10.2 Å². The average Bonchev–Trinajstić information content (AvgIpc) is 2.91. The van der Waals surface area contributed by atoms with E-state index >= 15 is 0 Å². The largest absolute Gasteiger partial charge is 0.354 e. The SMILES string of the molecule is CCCNC(=O)[C@H](C)N(Cc1ccc(C)cc1)C(=O)CN(c1ccc(C)c(C)c1)S(=O)(=O)c1ccccc1. The maximum absolute atomic E-state index is 13.9. The number of sulfonamides is 1. The summed E-state index contributed by atoms with van der Waals surface area (Å²) in [6, 6.07) is 20.3. The predicted octanol–water partition coefficient (Wildman–Crippen LogP) is 4.75. The van der Waals surface area contributed by atoms with Gasteiger partial charge in [0.25, 0.3) is 10.0 Å². The molecular weight excluding hydrogens is 498 g/mol. The van der Waals surface area contributed by atoms with Gasteiger partial charge in [-0.05, 0) is 75.1 Å². The number of nitrogens with zero attached hydrogens (tertiary/aromatic N) is 2. The average molecular weight is 536 g/mol. The monoisotopic (exact) mass is 535 g/mol. The number of anilines is 1. The molecule has 3 aromatic rings. The number of nitrogens with one attached hydrogen (secondary N) is 1. The Hall–Kier alpha value is -3.65. The second-order valence-electron chi connectivity index (χ2n) is 9.57. The molecule has 2 amide bonds. The van der Waals surface area contributed by atoms with Crippen molar-refractivity contribution in [1.82, 2.24) is 10.2 Å². The Morgan fingerprint density at radius 1 is 0.895 bits per heavy atom. The van der Waals surface area contributed by atoms with Crippen LogP contribution in [0.4, 0.5) is 5.69 Å². The maximum atomic E-state index is 13.9. The van der Waals surface area contributed by atoms with Crippen molar-refractivity contribution in [3.05, 3.63) is 95.1 Å².